The molecule has 0 atom stereocenters. The molecule has 0 amide bonds. The minimum atomic E-state index is -1.05. The normalized spacial score (nSPS) is 10.6. The van der Waals surface area contributed by atoms with E-state index in [1.807, 2.05) is 24.3 Å². The molecule has 24 heavy (non-hydrogen) atoms. The minimum absolute atomic E-state index is 0.362. The molecule has 0 aliphatic carbocycles. The third-order valence-corrected chi connectivity index (χ3v) is 3.44. The molecule has 2 N–H and O–H groups in total. The van der Waals surface area contributed by atoms with Gasteiger partial charge in [0.05, 0.1) is 19.9 Å². The SMILES string of the molecule is COc1cc(/C=N\NCc2ccccc2Cl)ccc1OCC(=O)O. The standard InChI is InChI=1S/C17H17ClN2O4/c1-23-16-8-12(6-7-15(16)24-11-17(21)22)9-19-20-10-13-4-2-3-5-14(13)18/h2-9,20H,10-11H2,1H3,(H,21,22)/b19-9-. The number of halogens is 1. The van der Waals surface area contributed by atoms with Gasteiger partial charge in [0.2, 0.25) is 0 Å². The van der Waals surface area contributed by atoms with Crippen molar-refractivity contribution in [1.82, 2.24) is 5.43 Å². The molecule has 0 spiro atoms. The van der Waals surface area contributed by atoms with Gasteiger partial charge in [0.25, 0.3) is 0 Å². The number of carboxylic acids is 1. The smallest absolute Gasteiger partial charge is 0.341 e. The summed E-state index contributed by atoms with van der Waals surface area (Å²) in [5.74, 6) is -0.251. The van der Waals surface area contributed by atoms with Gasteiger partial charge < -0.3 is 20.0 Å². The van der Waals surface area contributed by atoms with Crippen molar-refractivity contribution >= 4 is 23.8 Å². The zero-order valence-corrected chi connectivity index (χ0v) is 13.8. The summed E-state index contributed by atoms with van der Waals surface area (Å²) in [6.07, 6.45) is 1.63. The number of carbonyl (C=O) groups is 1. The van der Waals surface area contributed by atoms with Crippen molar-refractivity contribution in [3.8, 4) is 11.5 Å². The van der Waals surface area contributed by atoms with Gasteiger partial charge in [0.1, 0.15) is 0 Å². The quantitative estimate of drug-likeness (QED) is 0.566. The average Bonchev–Trinajstić information content (AvgIpc) is 2.58. The van der Waals surface area contributed by atoms with Crippen LogP contribution >= 0.6 is 11.6 Å². The monoisotopic (exact) mass is 348 g/mol. The van der Waals surface area contributed by atoms with Crippen LogP contribution in [0.1, 0.15) is 11.1 Å². The number of hydrazone groups is 1. The molecule has 0 aromatic heterocycles. The first kappa shape index (κ1) is 17.6. The summed E-state index contributed by atoms with van der Waals surface area (Å²) in [7, 11) is 1.49. The molecular weight excluding hydrogens is 332 g/mol. The molecule has 0 aliphatic rings. The number of carboxylic acid groups (broad SMARTS) is 1. The van der Waals surface area contributed by atoms with Gasteiger partial charge in [-0.15, -0.1) is 0 Å². The fraction of sp³-hybridized carbons (Fsp3) is 0.176. The van der Waals surface area contributed by atoms with Crippen LogP contribution < -0.4 is 14.9 Å². The van der Waals surface area contributed by atoms with Crippen molar-refractivity contribution < 1.29 is 19.4 Å². The Kier molecular flexibility index (Phi) is 6.45. The lowest BCUT2D eigenvalue weighted by Gasteiger charge is -2.09. The van der Waals surface area contributed by atoms with Gasteiger partial charge in [0, 0.05) is 5.02 Å². The number of methoxy groups -OCH3 is 1. The molecule has 0 unspecified atom stereocenters. The number of rotatable bonds is 8. The number of nitrogens with zero attached hydrogens (tertiary/aromatic N) is 1. The third-order valence-electron chi connectivity index (χ3n) is 3.07. The second kappa shape index (κ2) is 8.79. The summed E-state index contributed by atoms with van der Waals surface area (Å²) in [6.45, 7) is 0.0797. The molecular formula is C17H17ClN2O4. The summed E-state index contributed by atoms with van der Waals surface area (Å²) < 4.78 is 10.3. The first-order chi connectivity index (χ1) is 11.6. The topological polar surface area (TPSA) is 80.1 Å². The molecule has 0 heterocycles. The highest BCUT2D eigenvalue weighted by atomic mass is 35.5. The lowest BCUT2D eigenvalue weighted by Crippen LogP contribution is -2.10. The number of hydrogen-bond acceptors (Lipinski definition) is 5. The first-order valence-corrected chi connectivity index (χ1v) is 7.50. The maximum absolute atomic E-state index is 10.5. The molecule has 0 aliphatic heterocycles. The van der Waals surface area contributed by atoms with Crippen LogP contribution in [0.5, 0.6) is 11.5 Å². The number of aliphatic carboxylic acids is 1. The average molecular weight is 349 g/mol. The van der Waals surface area contributed by atoms with Crippen LogP contribution in [0.2, 0.25) is 5.02 Å². The van der Waals surface area contributed by atoms with Crippen LogP contribution in [0.25, 0.3) is 0 Å². The highest BCUT2D eigenvalue weighted by molar-refractivity contribution is 6.31. The summed E-state index contributed by atoms with van der Waals surface area (Å²) in [6, 6.07) is 12.6. The van der Waals surface area contributed by atoms with Crippen molar-refractivity contribution in [3.05, 3.63) is 58.6 Å². The van der Waals surface area contributed by atoms with Crippen LogP contribution in [0, 0.1) is 0 Å². The van der Waals surface area contributed by atoms with Crippen molar-refractivity contribution in [2.75, 3.05) is 13.7 Å². The largest absolute Gasteiger partial charge is 0.493 e. The Balaban J connectivity index is 1.96. The Morgan fingerprint density at radius 1 is 1.29 bits per heavy atom. The molecule has 7 heteroatoms. The van der Waals surface area contributed by atoms with Gasteiger partial charge in [-0.2, -0.15) is 5.10 Å². The number of benzene rings is 2. The molecule has 0 bridgehead atoms. The molecule has 0 saturated carbocycles. The van der Waals surface area contributed by atoms with E-state index in [-0.39, 0.29) is 0 Å². The van der Waals surface area contributed by atoms with Gasteiger partial charge in [-0.1, -0.05) is 29.8 Å². The Hall–Kier alpha value is -2.73. The highest BCUT2D eigenvalue weighted by Crippen LogP contribution is 2.27. The second-order valence-corrected chi connectivity index (χ2v) is 5.18. The lowest BCUT2D eigenvalue weighted by molar-refractivity contribution is -0.139. The number of nitrogens with one attached hydrogen (secondary N) is 1. The van der Waals surface area contributed by atoms with Crippen LogP contribution in [-0.4, -0.2) is 31.0 Å². The molecule has 0 saturated heterocycles. The van der Waals surface area contributed by atoms with E-state index in [2.05, 4.69) is 10.5 Å². The molecule has 2 rings (SSSR count). The molecule has 126 valence electrons. The van der Waals surface area contributed by atoms with Gasteiger partial charge >= 0.3 is 5.97 Å². The van der Waals surface area contributed by atoms with E-state index < -0.39 is 12.6 Å². The van der Waals surface area contributed by atoms with Gasteiger partial charge in [-0.05, 0) is 35.4 Å². The third kappa shape index (κ3) is 5.17. The predicted octanol–water partition coefficient (Wildman–Crippen LogP) is 2.94. The van der Waals surface area contributed by atoms with Crippen LogP contribution in [0.3, 0.4) is 0 Å². The van der Waals surface area contributed by atoms with E-state index in [9.17, 15) is 4.79 Å². The van der Waals surface area contributed by atoms with E-state index in [0.29, 0.717) is 23.1 Å². The van der Waals surface area contributed by atoms with E-state index in [1.165, 1.54) is 7.11 Å². The zero-order chi connectivity index (χ0) is 17.4. The van der Waals surface area contributed by atoms with E-state index >= 15 is 0 Å². The van der Waals surface area contributed by atoms with E-state index in [1.54, 1.807) is 24.4 Å². The Morgan fingerprint density at radius 3 is 2.79 bits per heavy atom. The number of hydrogen-bond donors (Lipinski definition) is 2. The second-order valence-electron chi connectivity index (χ2n) is 4.78. The van der Waals surface area contributed by atoms with Gasteiger partial charge in [-0.3, -0.25) is 0 Å². The molecule has 2 aromatic carbocycles. The lowest BCUT2D eigenvalue weighted by atomic mass is 10.2. The maximum Gasteiger partial charge on any atom is 0.341 e. The Labute approximate surface area is 144 Å². The maximum atomic E-state index is 10.5. The fourth-order valence-electron chi connectivity index (χ4n) is 1.92. The highest BCUT2D eigenvalue weighted by Gasteiger charge is 2.07. The summed E-state index contributed by atoms with van der Waals surface area (Å²) in [5.41, 5.74) is 4.65. The molecule has 2 aromatic rings. The zero-order valence-electron chi connectivity index (χ0n) is 13.0. The molecule has 6 nitrogen and oxygen atoms in total. The molecule has 0 fully saturated rings. The molecule has 0 radical (unpaired) electrons. The van der Waals surface area contributed by atoms with Crippen molar-refractivity contribution in [1.29, 1.82) is 0 Å². The van der Waals surface area contributed by atoms with Crippen molar-refractivity contribution in [2.24, 2.45) is 5.10 Å². The Bertz CT molecular complexity index is 734. The number of ether oxygens (including phenoxy) is 2. The summed E-state index contributed by atoms with van der Waals surface area (Å²) in [4.78, 5) is 10.5. The predicted molar refractivity (Wildman–Crippen MR) is 92.0 cm³/mol. The van der Waals surface area contributed by atoms with Gasteiger partial charge in [-0.25, -0.2) is 4.79 Å². The van der Waals surface area contributed by atoms with Crippen molar-refractivity contribution in [2.45, 2.75) is 6.54 Å². The summed E-state index contributed by atoms with van der Waals surface area (Å²) >= 11 is 6.07. The van der Waals surface area contributed by atoms with Crippen LogP contribution in [0.4, 0.5) is 0 Å². The van der Waals surface area contributed by atoms with E-state index in [4.69, 9.17) is 26.2 Å². The fourth-order valence-corrected chi connectivity index (χ4v) is 2.12. The van der Waals surface area contributed by atoms with Gasteiger partial charge in [0.15, 0.2) is 18.1 Å². The van der Waals surface area contributed by atoms with E-state index in [0.717, 1.165) is 11.1 Å². The first-order valence-electron chi connectivity index (χ1n) is 7.12. The minimum Gasteiger partial charge on any atom is -0.493 e. The Morgan fingerprint density at radius 2 is 2.08 bits per heavy atom. The van der Waals surface area contributed by atoms with Crippen LogP contribution in [-0.2, 0) is 11.3 Å². The van der Waals surface area contributed by atoms with Crippen LogP contribution in [0.15, 0.2) is 47.6 Å². The van der Waals surface area contributed by atoms with Crippen molar-refractivity contribution in [3.63, 3.8) is 0 Å². The summed E-state index contributed by atoms with van der Waals surface area (Å²) in [5, 5.41) is 13.5.